The van der Waals surface area contributed by atoms with Crippen LogP contribution < -0.4 is 10.5 Å². The van der Waals surface area contributed by atoms with Gasteiger partial charge in [0.05, 0.1) is 19.3 Å². The summed E-state index contributed by atoms with van der Waals surface area (Å²) in [5, 5.41) is 0. The number of esters is 1. The second-order valence-electron chi connectivity index (χ2n) is 3.11. The van der Waals surface area contributed by atoms with E-state index >= 15 is 0 Å². The Kier molecular flexibility index (Phi) is 2.47. The van der Waals surface area contributed by atoms with Crippen LogP contribution in [0, 0.1) is 0 Å². The number of benzene rings is 1. The van der Waals surface area contributed by atoms with E-state index in [4.69, 9.17) is 15.2 Å². The lowest BCUT2D eigenvalue weighted by molar-refractivity contribution is -0.0170. The fourth-order valence-corrected chi connectivity index (χ4v) is 1.52. The molecule has 1 aliphatic heterocycles. The fraction of sp³-hybridized carbons (Fsp3) is 0.300. The molecule has 0 spiro atoms. The summed E-state index contributed by atoms with van der Waals surface area (Å²) < 4.78 is 15.0. The van der Waals surface area contributed by atoms with Crippen molar-refractivity contribution in [3.8, 4) is 5.75 Å². The molecule has 1 aliphatic rings. The molecule has 0 saturated heterocycles. The average molecular weight is 209 g/mol. The molecule has 0 atom stereocenters. The van der Waals surface area contributed by atoms with Gasteiger partial charge in [-0.05, 0) is 12.1 Å². The van der Waals surface area contributed by atoms with Crippen LogP contribution in [0.1, 0.15) is 15.9 Å². The van der Waals surface area contributed by atoms with Gasteiger partial charge in [0.15, 0.2) is 6.79 Å². The largest absolute Gasteiger partial charge is 0.467 e. The first kappa shape index (κ1) is 9.79. The molecular weight excluding hydrogens is 198 g/mol. The summed E-state index contributed by atoms with van der Waals surface area (Å²) in [5.41, 5.74) is 7.05. The molecule has 0 amide bonds. The van der Waals surface area contributed by atoms with Crippen molar-refractivity contribution in [1.29, 1.82) is 0 Å². The highest BCUT2D eigenvalue weighted by Gasteiger charge is 2.22. The third-order valence-electron chi connectivity index (χ3n) is 2.24. The van der Waals surface area contributed by atoms with Crippen molar-refractivity contribution in [2.75, 3.05) is 19.6 Å². The van der Waals surface area contributed by atoms with E-state index in [-0.39, 0.29) is 6.79 Å². The minimum Gasteiger partial charge on any atom is -0.467 e. The van der Waals surface area contributed by atoms with Crippen molar-refractivity contribution in [2.45, 2.75) is 6.61 Å². The van der Waals surface area contributed by atoms with E-state index in [9.17, 15) is 4.79 Å². The molecule has 2 rings (SSSR count). The monoisotopic (exact) mass is 209 g/mol. The summed E-state index contributed by atoms with van der Waals surface area (Å²) in [4.78, 5) is 11.5. The van der Waals surface area contributed by atoms with Gasteiger partial charge >= 0.3 is 5.97 Å². The number of anilines is 1. The molecule has 0 bridgehead atoms. The number of hydrogen-bond donors (Lipinski definition) is 1. The van der Waals surface area contributed by atoms with Crippen molar-refractivity contribution in [3.05, 3.63) is 23.3 Å². The molecule has 5 nitrogen and oxygen atoms in total. The second kappa shape index (κ2) is 3.78. The molecule has 15 heavy (non-hydrogen) atoms. The number of carbonyl (C=O) groups excluding carboxylic acids is 1. The van der Waals surface area contributed by atoms with Crippen LogP contribution in [0.3, 0.4) is 0 Å². The number of fused-ring (bicyclic) bond motifs is 1. The number of nitrogen functional groups attached to an aromatic ring is 1. The molecule has 80 valence electrons. The Balaban J connectivity index is 2.55. The maximum atomic E-state index is 11.5. The van der Waals surface area contributed by atoms with Gasteiger partial charge in [-0.2, -0.15) is 0 Å². The number of nitrogens with two attached hydrogens (primary N) is 1. The van der Waals surface area contributed by atoms with E-state index in [0.29, 0.717) is 29.2 Å². The number of ether oxygens (including phenoxy) is 3. The van der Waals surface area contributed by atoms with E-state index in [1.165, 1.54) is 7.11 Å². The zero-order valence-corrected chi connectivity index (χ0v) is 8.28. The summed E-state index contributed by atoms with van der Waals surface area (Å²) in [6, 6.07) is 3.34. The highest BCUT2D eigenvalue weighted by Crippen LogP contribution is 2.31. The van der Waals surface area contributed by atoms with Crippen LogP contribution in [-0.4, -0.2) is 19.9 Å². The number of carbonyl (C=O) groups is 1. The zero-order chi connectivity index (χ0) is 10.8. The van der Waals surface area contributed by atoms with Crippen molar-refractivity contribution >= 4 is 11.7 Å². The predicted molar refractivity (Wildman–Crippen MR) is 52.5 cm³/mol. The van der Waals surface area contributed by atoms with Crippen LogP contribution in [-0.2, 0) is 16.1 Å². The Morgan fingerprint density at radius 1 is 1.53 bits per heavy atom. The lowest BCUT2D eigenvalue weighted by Gasteiger charge is -2.20. The molecule has 0 unspecified atom stereocenters. The van der Waals surface area contributed by atoms with Gasteiger partial charge in [0, 0.05) is 11.3 Å². The Morgan fingerprint density at radius 3 is 3.07 bits per heavy atom. The van der Waals surface area contributed by atoms with E-state index in [1.54, 1.807) is 12.1 Å². The first-order valence-electron chi connectivity index (χ1n) is 4.44. The molecule has 1 aromatic carbocycles. The smallest absolute Gasteiger partial charge is 0.340 e. The van der Waals surface area contributed by atoms with Crippen LogP contribution in [0.25, 0.3) is 0 Å². The second-order valence-corrected chi connectivity index (χ2v) is 3.11. The van der Waals surface area contributed by atoms with Gasteiger partial charge in [0.1, 0.15) is 5.75 Å². The van der Waals surface area contributed by atoms with Gasteiger partial charge in [-0.1, -0.05) is 0 Å². The van der Waals surface area contributed by atoms with Gasteiger partial charge in [0.2, 0.25) is 0 Å². The lowest BCUT2D eigenvalue weighted by Crippen LogP contribution is -2.17. The molecule has 0 aliphatic carbocycles. The van der Waals surface area contributed by atoms with Crippen molar-refractivity contribution in [1.82, 2.24) is 0 Å². The first-order chi connectivity index (χ1) is 7.24. The van der Waals surface area contributed by atoms with E-state index in [1.807, 2.05) is 0 Å². The number of hydrogen-bond acceptors (Lipinski definition) is 5. The molecule has 1 aromatic rings. The van der Waals surface area contributed by atoms with Crippen LogP contribution in [0.2, 0.25) is 0 Å². The topological polar surface area (TPSA) is 70.8 Å². The summed E-state index contributed by atoms with van der Waals surface area (Å²) in [5.74, 6) is 0.148. The predicted octanol–water partition coefficient (Wildman–Crippen LogP) is 0.922. The zero-order valence-electron chi connectivity index (χ0n) is 8.28. The highest BCUT2D eigenvalue weighted by atomic mass is 16.7. The molecule has 2 N–H and O–H groups in total. The van der Waals surface area contributed by atoms with Gasteiger partial charge in [-0.3, -0.25) is 0 Å². The van der Waals surface area contributed by atoms with Crippen molar-refractivity contribution in [3.63, 3.8) is 0 Å². The quantitative estimate of drug-likeness (QED) is 0.550. The summed E-state index contributed by atoms with van der Waals surface area (Å²) in [6.07, 6.45) is 0. The minimum atomic E-state index is -0.474. The Hall–Kier alpha value is -1.75. The van der Waals surface area contributed by atoms with Gasteiger partial charge in [-0.25, -0.2) is 4.79 Å². The molecule has 0 radical (unpaired) electrons. The lowest BCUT2D eigenvalue weighted by atomic mass is 10.0. The van der Waals surface area contributed by atoms with E-state index in [0.717, 1.165) is 0 Å². The van der Waals surface area contributed by atoms with Gasteiger partial charge < -0.3 is 19.9 Å². The van der Waals surface area contributed by atoms with Crippen molar-refractivity contribution in [2.24, 2.45) is 0 Å². The Morgan fingerprint density at radius 2 is 2.33 bits per heavy atom. The Bertz CT molecular complexity index is 403. The van der Waals surface area contributed by atoms with Crippen LogP contribution >= 0.6 is 0 Å². The van der Waals surface area contributed by atoms with Gasteiger partial charge in [0.25, 0.3) is 0 Å². The average Bonchev–Trinajstić information content (AvgIpc) is 2.28. The fourth-order valence-electron chi connectivity index (χ4n) is 1.52. The molecule has 5 heteroatoms. The minimum absolute atomic E-state index is 0.192. The van der Waals surface area contributed by atoms with Crippen LogP contribution in [0.5, 0.6) is 5.75 Å². The number of rotatable bonds is 1. The Labute approximate surface area is 86.7 Å². The summed E-state index contributed by atoms with van der Waals surface area (Å²) in [6.45, 7) is 0.502. The van der Waals surface area contributed by atoms with E-state index in [2.05, 4.69) is 4.74 Å². The molecule has 0 fully saturated rings. The highest BCUT2D eigenvalue weighted by molar-refractivity contribution is 5.97. The van der Waals surface area contributed by atoms with Gasteiger partial charge in [-0.15, -0.1) is 0 Å². The molecule has 1 heterocycles. The first-order valence-corrected chi connectivity index (χ1v) is 4.44. The molecule has 0 saturated carbocycles. The summed E-state index contributed by atoms with van der Waals surface area (Å²) in [7, 11) is 1.31. The summed E-state index contributed by atoms with van der Waals surface area (Å²) >= 11 is 0. The number of methoxy groups -OCH3 is 1. The van der Waals surface area contributed by atoms with Crippen LogP contribution in [0.4, 0.5) is 5.69 Å². The normalized spacial score (nSPS) is 13.9. The standard InChI is InChI=1S/C10H11NO4/c1-13-10(12)9-6-4-14-5-15-8(6)3-2-7(9)11/h2-3H,4-5,11H2,1H3. The maximum absolute atomic E-state index is 11.5. The SMILES string of the molecule is COC(=O)c1c(N)ccc2c1COCO2. The van der Waals surface area contributed by atoms with E-state index < -0.39 is 5.97 Å². The maximum Gasteiger partial charge on any atom is 0.340 e. The van der Waals surface area contributed by atoms with Crippen molar-refractivity contribution < 1.29 is 19.0 Å². The van der Waals surface area contributed by atoms with Crippen LogP contribution in [0.15, 0.2) is 12.1 Å². The molecular formula is C10H11NO4. The third kappa shape index (κ3) is 1.61. The third-order valence-corrected chi connectivity index (χ3v) is 2.24. The molecule has 0 aromatic heterocycles.